The van der Waals surface area contributed by atoms with Crippen LogP contribution in [0.25, 0.3) is 0 Å². The third kappa shape index (κ3) is 2.66. The van der Waals surface area contributed by atoms with Gasteiger partial charge in [-0.25, -0.2) is 13.2 Å². The molecule has 0 aromatic heterocycles. The first-order valence-electron chi connectivity index (χ1n) is 6.33. The van der Waals surface area contributed by atoms with Crippen LogP contribution in [0.1, 0.15) is 60.0 Å². The molecule has 1 aromatic rings. The highest BCUT2D eigenvalue weighted by Crippen LogP contribution is 2.46. The second-order valence-corrected chi connectivity index (χ2v) is 7.40. The van der Waals surface area contributed by atoms with E-state index in [1.807, 2.05) is 13.8 Å². The van der Waals surface area contributed by atoms with E-state index in [0.29, 0.717) is 5.56 Å². The van der Waals surface area contributed by atoms with Gasteiger partial charge in [0.15, 0.2) is 9.84 Å². The van der Waals surface area contributed by atoms with E-state index in [0.717, 1.165) is 24.7 Å². The molecule has 5 heteroatoms. The highest BCUT2D eigenvalue weighted by Gasteiger charge is 2.35. The highest BCUT2D eigenvalue weighted by atomic mass is 32.2. The summed E-state index contributed by atoms with van der Waals surface area (Å²) in [6, 6.07) is 3.18. The van der Waals surface area contributed by atoms with E-state index in [9.17, 15) is 18.3 Å². The summed E-state index contributed by atoms with van der Waals surface area (Å²) < 4.78 is 24.2. The largest absolute Gasteiger partial charge is 0.478 e. The van der Waals surface area contributed by atoms with Gasteiger partial charge >= 0.3 is 5.97 Å². The Kier molecular flexibility index (Phi) is 3.43. The number of aromatic carboxylic acids is 1. The topological polar surface area (TPSA) is 71.4 Å². The Morgan fingerprint density at radius 2 is 1.89 bits per heavy atom. The molecule has 0 unspecified atom stereocenters. The van der Waals surface area contributed by atoms with Gasteiger partial charge in [-0.2, -0.15) is 0 Å². The molecule has 0 heterocycles. The first kappa shape index (κ1) is 14.1. The molecule has 1 aromatic carbocycles. The number of carboxylic acids is 1. The Hall–Kier alpha value is -1.36. The minimum atomic E-state index is -3.43. The van der Waals surface area contributed by atoms with Crippen molar-refractivity contribution in [3.05, 3.63) is 28.8 Å². The van der Waals surface area contributed by atoms with Gasteiger partial charge in [-0.3, -0.25) is 0 Å². The van der Waals surface area contributed by atoms with E-state index in [-0.39, 0.29) is 22.3 Å². The molecule has 0 aliphatic heterocycles. The summed E-state index contributed by atoms with van der Waals surface area (Å²) in [5.74, 6) is -0.929. The van der Waals surface area contributed by atoms with Crippen LogP contribution >= 0.6 is 0 Å². The van der Waals surface area contributed by atoms with E-state index in [1.54, 1.807) is 12.1 Å². The van der Waals surface area contributed by atoms with Crippen LogP contribution in [0.5, 0.6) is 0 Å². The van der Waals surface area contributed by atoms with Gasteiger partial charge in [-0.05, 0) is 41.9 Å². The lowest BCUT2D eigenvalue weighted by Gasteiger charge is -2.17. The summed E-state index contributed by atoms with van der Waals surface area (Å²) in [6.45, 7) is 3.84. The van der Waals surface area contributed by atoms with Crippen molar-refractivity contribution in [3.63, 3.8) is 0 Å². The summed E-state index contributed by atoms with van der Waals surface area (Å²) in [7, 11) is -3.43. The molecule has 0 atom stereocenters. The second-order valence-electron chi connectivity index (χ2n) is 5.45. The third-order valence-electron chi connectivity index (χ3n) is 3.44. The fraction of sp³-hybridized carbons (Fsp3) is 0.500. The molecule has 0 amide bonds. The molecule has 1 aliphatic rings. The normalized spacial score (nSPS) is 15.8. The van der Waals surface area contributed by atoms with E-state index in [4.69, 9.17) is 0 Å². The van der Waals surface area contributed by atoms with Gasteiger partial charge in [-0.1, -0.05) is 19.9 Å². The lowest BCUT2D eigenvalue weighted by molar-refractivity contribution is 0.0695. The molecule has 0 saturated heterocycles. The van der Waals surface area contributed by atoms with Crippen LogP contribution < -0.4 is 0 Å². The first-order valence-corrected chi connectivity index (χ1v) is 8.22. The van der Waals surface area contributed by atoms with Gasteiger partial charge in [0.25, 0.3) is 0 Å². The summed E-state index contributed by atoms with van der Waals surface area (Å²) in [4.78, 5) is 11.6. The molecular formula is C14H18O4S. The molecule has 4 nitrogen and oxygen atoms in total. The zero-order valence-corrected chi connectivity index (χ0v) is 12.1. The molecular weight excluding hydrogens is 264 g/mol. The van der Waals surface area contributed by atoms with E-state index in [1.165, 1.54) is 0 Å². The van der Waals surface area contributed by atoms with Crippen LogP contribution in [-0.2, 0) is 9.84 Å². The predicted octanol–water partition coefficient (Wildman–Crippen LogP) is 2.79. The molecule has 0 bridgehead atoms. The van der Waals surface area contributed by atoms with E-state index in [2.05, 4.69) is 0 Å². The third-order valence-corrected chi connectivity index (χ3v) is 4.63. The first-order chi connectivity index (χ1) is 8.73. The zero-order chi connectivity index (χ0) is 14.4. The summed E-state index contributed by atoms with van der Waals surface area (Å²) in [5.41, 5.74) is 1.36. The van der Waals surface area contributed by atoms with Crippen LogP contribution in [-0.4, -0.2) is 25.7 Å². The summed E-state index contributed by atoms with van der Waals surface area (Å²) in [6.07, 6.45) is 2.89. The monoisotopic (exact) mass is 282 g/mol. The lowest BCUT2D eigenvalue weighted by Crippen LogP contribution is -2.13. The van der Waals surface area contributed by atoms with Crippen molar-refractivity contribution in [2.75, 3.05) is 6.26 Å². The van der Waals surface area contributed by atoms with Gasteiger partial charge in [0, 0.05) is 6.26 Å². The number of carboxylic acid groups (broad SMARTS) is 1. The standard InChI is InChI=1S/C14H18O4S/c1-8(2)10-6-7-11(14(15)16)12(9-4-5-9)13(10)19(3,17)18/h6-9H,4-5H2,1-3H3,(H,15,16). The maximum atomic E-state index is 12.1. The fourth-order valence-electron chi connectivity index (χ4n) is 2.45. The number of benzene rings is 1. The van der Waals surface area contributed by atoms with Crippen molar-refractivity contribution < 1.29 is 18.3 Å². The molecule has 0 radical (unpaired) electrons. The van der Waals surface area contributed by atoms with Crippen molar-refractivity contribution in [2.24, 2.45) is 0 Å². The number of rotatable bonds is 4. The molecule has 104 valence electrons. The number of hydrogen-bond donors (Lipinski definition) is 1. The van der Waals surface area contributed by atoms with Gasteiger partial charge in [0.05, 0.1) is 10.5 Å². The maximum absolute atomic E-state index is 12.1. The summed E-state index contributed by atoms with van der Waals surface area (Å²) >= 11 is 0. The van der Waals surface area contributed by atoms with Crippen molar-refractivity contribution in [1.82, 2.24) is 0 Å². The van der Waals surface area contributed by atoms with Crippen LogP contribution in [0.2, 0.25) is 0 Å². The van der Waals surface area contributed by atoms with E-state index >= 15 is 0 Å². The number of hydrogen-bond acceptors (Lipinski definition) is 3. The fourth-order valence-corrected chi connectivity index (χ4v) is 3.86. The molecule has 2 rings (SSSR count). The summed E-state index contributed by atoms with van der Waals surface area (Å²) in [5, 5.41) is 9.27. The molecule has 19 heavy (non-hydrogen) atoms. The number of sulfone groups is 1. The Morgan fingerprint density at radius 1 is 1.32 bits per heavy atom. The highest BCUT2D eigenvalue weighted by molar-refractivity contribution is 7.90. The minimum Gasteiger partial charge on any atom is -0.478 e. The van der Waals surface area contributed by atoms with Crippen LogP contribution in [0, 0.1) is 0 Å². The Balaban J connectivity index is 2.83. The van der Waals surface area contributed by atoms with Gasteiger partial charge in [-0.15, -0.1) is 0 Å². The van der Waals surface area contributed by atoms with E-state index < -0.39 is 15.8 Å². The van der Waals surface area contributed by atoms with Crippen LogP contribution in [0.3, 0.4) is 0 Å². The quantitative estimate of drug-likeness (QED) is 0.921. The predicted molar refractivity (Wildman–Crippen MR) is 72.6 cm³/mol. The molecule has 1 aliphatic carbocycles. The maximum Gasteiger partial charge on any atom is 0.336 e. The van der Waals surface area contributed by atoms with Crippen molar-refractivity contribution in [3.8, 4) is 0 Å². The van der Waals surface area contributed by atoms with Gasteiger partial charge in [0.1, 0.15) is 0 Å². The van der Waals surface area contributed by atoms with Crippen molar-refractivity contribution in [2.45, 2.75) is 43.4 Å². The van der Waals surface area contributed by atoms with Gasteiger partial charge in [0.2, 0.25) is 0 Å². The molecule has 1 N–H and O–H groups in total. The van der Waals surface area contributed by atoms with Crippen LogP contribution in [0.15, 0.2) is 17.0 Å². The van der Waals surface area contributed by atoms with Crippen molar-refractivity contribution >= 4 is 15.8 Å². The van der Waals surface area contributed by atoms with Gasteiger partial charge < -0.3 is 5.11 Å². The Bertz CT molecular complexity index is 625. The SMILES string of the molecule is CC(C)c1ccc(C(=O)O)c(C2CC2)c1S(C)(=O)=O. The van der Waals surface area contributed by atoms with Crippen molar-refractivity contribution in [1.29, 1.82) is 0 Å². The molecule has 1 saturated carbocycles. The Morgan fingerprint density at radius 3 is 2.26 bits per heavy atom. The molecule has 0 spiro atoms. The average Bonchev–Trinajstić information content (AvgIpc) is 3.09. The Labute approximate surface area is 113 Å². The molecule has 1 fully saturated rings. The average molecular weight is 282 g/mol. The second kappa shape index (κ2) is 4.63. The number of carbonyl (C=O) groups is 1. The zero-order valence-electron chi connectivity index (χ0n) is 11.3. The smallest absolute Gasteiger partial charge is 0.336 e. The minimum absolute atomic E-state index is 0.0464. The van der Waals surface area contributed by atoms with Crippen LogP contribution in [0.4, 0.5) is 0 Å². The lowest BCUT2D eigenvalue weighted by atomic mass is 9.94.